The largest absolute Gasteiger partial charge is 0.351 e. The number of ether oxygens (including phenoxy) is 2. The topological polar surface area (TPSA) is 63.3 Å². The maximum Gasteiger partial charge on any atom is 0.267 e. The lowest BCUT2D eigenvalue weighted by molar-refractivity contribution is -0.131. The van der Waals surface area contributed by atoms with Crippen LogP contribution >= 0.6 is 31.9 Å². The van der Waals surface area contributed by atoms with Crippen LogP contribution in [0, 0.1) is 0 Å². The summed E-state index contributed by atoms with van der Waals surface area (Å²) in [6.07, 6.45) is -0.411. The fraction of sp³-hybridized carbons (Fsp3) is 0.545. The van der Waals surface area contributed by atoms with Crippen LogP contribution in [-0.4, -0.2) is 36.9 Å². The van der Waals surface area contributed by atoms with Gasteiger partial charge in [-0.3, -0.25) is 4.79 Å². The second-order valence-corrected chi connectivity index (χ2v) is 5.04. The van der Waals surface area contributed by atoms with Gasteiger partial charge in [-0.25, -0.2) is 0 Å². The van der Waals surface area contributed by atoms with Crippen molar-refractivity contribution in [2.24, 2.45) is 0 Å². The Bertz CT molecular complexity index is 370. The first-order valence-corrected chi connectivity index (χ1v) is 7.22. The number of carbonyl (C=O) groups excluding carboxylic acids is 1. The van der Waals surface area contributed by atoms with Gasteiger partial charge in [0.25, 0.3) is 5.91 Å². The number of hydrogen-bond acceptors (Lipinski definition) is 3. The molecule has 0 unspecified atom stereocenters. The molecular weight excluding hydrogens is 368 g/mol. The smallest absolute Gasteiger partial charge is 0.267 e. The average Bonchev–Trinajstić information content (AvgIpc) is 2.67. The van der Waals surface area contributed by atoms with E-state index in [2.05, 4.69) is 42.2 Å². The highest BCUT2D eigenvalue weighted by molar-refractivity contribution is 9.13. The Balaban J connectivity index is 2.48. The molecule has 7 heteroatoms. The normalized spacial score (nSPS) is 10.9. The molecule has 2 N–H and O–H groups in total. The molecule has 0 fully saturated rings. The highest BCUT2D eigenvalue weighted by Crippen LogP contribution is 2.22. The molecule has 5 nitrogen and oxygen atoms in total. The van der Waals surface area contributed by atoms with Crippen molar-refractivity contribution >= 4 is 37.8 Å². The first-order chi connectivity index (χ1) is 8.58. The minimum Gasteiger partial charge on any atom is -0.351 e. The van der Waals surface area contributed by atoms with Crippen LogP contribution in [0.15, 0.2) is 15.1 Å². The van der Waals surface area contributed by atoms with Crippen molar-refractivity contribution in [1.29, 1.82) is 0 Å². The van der Waals surface area contributed by atoms with Gasteiger partial charge in [-0.05, 0) is 51.8 Å². The van der Waals surface area contributed by atoms with Crippen LogP contribution in [0.3, 0.4) is 0 Å². The van der Waals surface area contributed by atoms with Gasteiger partial charge in [0.05, 0.1) is 15.6 Å². The summed E-state index contributed by atoms with van der Waals surface area (Å²) in [5.41, 5.74) is 0.473. The van der Waals surface area contributed by atoms with Gasteiger partial charge < -0.3 is 19.8 Å². The lowest BCUT2D eigenvalue weighted by atomic mass is 10.4. The summed E-state index contributed by atoms with van der Waals surface area (Å²) in [7, 11) is 0. The van der Waals surface area contributed by atoms with Crippen molar-refractivity contribution in [3.63, 3.8) is 0 Å². The molecule has 0 atom stereocenters. The van der Waals surface area contributed by atoms with E-state index in [1.807, 2.05) is 13.8 Å². The summed E-state index contributed by atoms with van der Waals surface area (Å²) in [4.78, 5) is 14.7. The van der Waals surface area contributed by atoms with Crippen molar-refractivity contribution in [2.75, 3.05) is 19.8 Å². The molecule has 0 aliphatic rings. The first kappa shape index (κ1) is 15.7. The minimum atomic E-state index is -0.411. The number of halogens is 2. The Morgan fingerprint density at radius 2 is 2.00 bits per heavy atom. The highest BCUT2D eigenvalue weighted by atomic mass is 79.9. The Hall–Kier alpha value is -0.370. The molecule has 1 aromatic heterocycles. The fourth-order valence-corrected chi connectivity index (χ4v) is 1.99. The molecule has 0 aliphatic carbocycles. The van der Waals surface area contributed by atoms with Crippen LogP contribution in [-0.2, 0) is 9.47 Å². The Morgan fingerprint density at radius 1 is 1.39 bits per heavy atom. The zero-order chi connectivity index (χ0) is 13.5. The number of aromatic amines is 1. The summed E-state index contributed by atoms with van der Waals surface area (Å²) >= 11 is 6.59. The van der Waals surface area contributed by atoms with E-state index in [0.29, 0.717) is 25.5 Å². The summed E-state index contributed by atoms with van der Waals surface area (Å²) in [6.45, 7) is 5.16. The van der Waals surface area contributed by atoms with Crippen LogP contribution in [0.5, 0.6) is 0 Å². The summed E-state index contributed by atoms with van der Waals surface area (Å²) < 4.78 is 12.2. The van der Waals surface area contributed by atoms with Gasteiger partial charge in [-0.1, -0.05) is 0 Å². The predicted octanol–water partition coefficient (Wildman–Crippen LogP) is 2.67. The van der Waals surface area contributed by atoms with Crippen LogP contribution in [0.4, 0.5) is 0 Å². The number of H-pyrrole nitrogens is 1. The third-order valence-corrected chi connectivity index (χ3v) is 3.89. The Morgan fingerprint density at radius 3 is 2.44 bits per heavy atom. The molecule has 0 aromatic carbocycles. The van der Waals surface area contributed by atoms with Crippen molar-refractivity contribution in [1.82, 2.24) is 10.3 Å². The van der Waals surface area contributed by atoms with E-state index in [4.69, 9.17) is 9.47 Å². The lowest BCUT2D eigenvalue weighted by Gasteiger charge is -2.17. The number of rotatable bonds is 7. The van der Waals surface area contributed by atoms with Crippen LogP contribution in [0.25, 0.3) is 0 Å². The van der Waals surface area contributed by atoms with Crippen molar-refractivity contribution < 1.29 is 14.3 Å². The summed E-state index contributed by atoms with van der Waals surface area (Å²) in [5.74, 6) is -0.203. The Labute approximate surface area is 123 Å². The minimum absolute atomic E-state index is 0.203. The molecule has 1 amide bonds. The number of hydrogen-bond donors (Lipinski definition) is 2. The maximum absolute atomic E-state index is 11.8. The van der Waals surface area contributed by atoms with E-state index in [1.165, 1.54) is 0 Å². The van der Waals surface area contributed by atoms with Crippen molar-refractivity contribution in [3.8, 4) is 0 Å². The van der Waals surface area contributed by atoms with Crippen LogP contribution in [0.2, 0.25) is 0 Å². The average molecular weight is 384 g/mol. The molecule has 102 valence electrons. The number of nitrogens with one attached hydrogen (secondary N) is 2. The van der Waals surface area contributed by atoms with Gasteiger partial charge >= 0.3 is 0 Å². The lowest BCUT2D eigenvalue weighted by Crippen LogP contribution is -2.35. The highest BCUT2D eigenvalue weighted by Gasteiger charge is 2.14. The fourth-order valence-electron chi connectivity index (χ4n) is 1.34. The monoisotopic (exact) mass is 382 g/mol. The molecule has 0 saturated heterocycles. The van der Waals surface area contributed by atoms with E-state index in [-0.39, 0.29) is 5.91 Å². The van der Waals surface area contributed by atoms with E-state index in [0.717, 1.165) is 9.08 Å². The number of aromatic nitrogens is 1. The molecule has 0 aliphatic heterocycles. The second kappa shape index (κ2) is 7.93. The molecule has 0 bridgehead atoms. The van der Waals surface area contributed by atoms with Gasteiger partial charge in [0.2, 0.25) is 0 Å². The number of amides is 1. The molecule has 18 heavy (non-hydrogen) atoms. The standard InChI is InChI=1S/C11H16Br2N2O3/c1-3-17-9(18-4-2)6-14-11(16)8-5-7(12)10(13)15-8/h5,9,15H,3-4,6H2,1-2H3,(H,14,16). The summed E-state index contributed by atoms with van der Waals surface area (Å²) in [5, 5.41) is 2.75. The molecule has 0 saturated carbocycles. The maximum atomic E-state index is 11.8. The van der Waals surface area contributed by atoms with Crippen LogP contribution in [0.1, 0.15) is 24.3 Å². The van der Waals surface area contributed by atoms with Crippen LogP contribution < -0.4 is 5.32 Å². The summed E-state index contributed by atoms with van der Waals surface area (Å²) in [6, 6.07) is 1.70. The SMILES string of the molecule is CCOC(CNC(=O)c1cc(Br)c(Br)[nH]1)OCC. The zero-order valence-electron chi connectivity index (χ0n) is 10.3. The molecular formula is C11H16Br2N2O3. The first-order valence-electron chi connectivity index (χ1n) is 5.63. The number of carbonyl (C=O) groups is 1. The third-order valence-electron chi connectivity index (χ3n) is 2.10. The van der Waals surface area contributed by atoms with E-state index in [9.17, 15) is 4.79 Å². The van der Waals surface area contributed by atoms with E-state index >= 15 is 0 Å². The predicted molar refractivity (Wildman–Crippen MR) is 75.6 cm³/mol. The quantitative estimate of drug-likeness (QED) is 0.711. The molecule has 1 rings (SSSR count). The molecule has 1 aromatic rings. The van der Waals surface area contributed by atoms with Crippen molar-refractivity contribution in [2.45, 2.75) is 20.1 Å². The van der Waals surface area contributed by atoms with Gasteiger partial charge in [0.1, 0.15) is 5.69 Å². The molecule has 0 spiro atoms. The zero-order valence-corrected chi connectivity index (χ0v) is 13.4. The second-order valence-electron chi connectivity index (χ2n) is 3.40. The van der Waals surface area contributed by atoms with Gasteiger partial charge in [0, 0.05) is 13.2 Å². The van der Waals surface area contributed by atoms with Gasteiger partial charge in [-0.15, -0.1) is 0 Å². The van der Waals surface area contributed by atoms with E-state index in [1.54, 1.807) is 6.07 Å². The van der Waals surface area contributed by atoms with Crippen molar-refractivity contribution in [3.05, 3.63) is 20.8 Å². The van der Waals surface area contributed by atoms with Gasteiger partial charge in [-0.2, -0.15) is 0 Å². The molecule has 1 heterocycles. The Kier molecular flexibility index (Phi) is 6.91. The van der Waals surface area contributed by atoms with Gasteiger partial charge in [0.15, 0.2) is 6.29 Å². The third kappa shape index (κ3) is 4.72. The van der Waals surface area contributed by atoms with E-state index < -0.39 is 6.29 Å². The molecule has 0 radical (unpaired) electrons.